The molecule has 1 aliphatic heterocycles. The molecule has 1 aliphatic rings. The Hall–Kier alpha value is -3.66. The van der Waals surface area contributed by atoms with Crippen LogP contribution in [0, 0.1) is 10.1 Å². The molecule has 1 fully saturated rings. The Labute approximate surface area is 205 Å². The van der Waals surface area contributed by atoms with Gasteiger partial charge in [-0.05, 0) is 49.6 Å². The highest BCUT2D eigenvalue weighted by Gasteiger charge is 2.23. The third kappa shape index (κ3) is 7.16. The topological polar surface area (TPSA) is 126 Å². The molecule has 10 nitrogen and oxygen atoms in total. The van der Waals surface area contributed by atoms with E-state index >= 15 is 0 Å². The summed E-state index contributed by atoms with van der Waals surface area (Å²) in [5.41, 5.74) is 1.91. The lowest BCUT2D eigenvalue weighted by atomic mass is 10.1. The number of nitrogens with one attached hydrogen (secondary N) is 3. The Kier molecular flexibility index (Phi) is 9.42. The molecule has 2 aromatic carbocycles. The monoisotopic (exact) mass is 483 g/mol. The number of methoxy groups -OCH3 is 1. The number of carbonyl (C=O) groups excluding carboxylic acids is 2. The van der Waals surface area contributed by atoms with Gasteiger partial charge in [0, 0.05) is 49.7 Å². The molecule has 1 atom stereocenters. The van der Waals surface area contributed by atoms with Gasteiger partial charge in [0.2, 0.25) is 5.91 Å². The largest absolute Gasteiger partial charge is 0.383 e. The fourth-order valence-electron chi connectivity index (χ4n) is 4.05. The first-order chi connectivity index (χ1) is 16.9. The van der Waals surface area contributed by atoms with E-state index in [2.05, 4.69) is 20.9 Å². The molecule has 0 aromatic heterocycles. The molecule has 1 heterocycles. The van der Waals surface area contributed by atoms with Gasteiger partial charge in [0.1, 0.15) is 11.7 Å². The summed E-state index contributed by atoms with van der Waals surface area (Å²) in [6.45, 7) is 4.69. The Balaban J connectivity index is 1.69. The molecule has 10 heteroatoms. The van der Waals surface area contributed by atoms with Crippen molar-refractivity contribution in [2.75, 3.05) is 48.9 Å². The maximum Gasteiger partial charge on any atom is 0.293 e. The zero-order valence-corrected chi connectivity index (χ0v) is 20.2. The molecule has 0 bridgehead atoms. The van der Waals surface area contributed by atoms with Crippen LogP contribution in [0.2, 0.25) is 0 Å². The summed E-state index contributed by atoms with van der Waals surface area (Å²) in [6, 6.07) is 11.1. The molecule has 35 heavy (non-hydrogen) atoms. The van der Waals surface area contributed by atoms with Crippen LogP contribution in [0.4, 0.5) is 22.7 Å². The normalized spacial score (nSPS) is 13.8. The molecule has 3 rings (SSSR count). The first kappa shape index (κ1) is 26.0. The van der Waals surface area contributed by atoms with Crippen molar-refractivity contribution in [3.05, 3.63) is 58.1 Å². The van der Waals surface area contributed by atoms with Crippen LogP contribution in [0.15, 0.2) is 42.5 Å². The first-order valence-corrected chi connectivity index (χ1v) is 11.9. The molecule has 0 radical (unpaired) electrons. The van der Waals surface area contributed by atoms with Gasteiger partial charge in [0.25, 0.3) is 11.6 Å². The van der Waals surface area contributed by atoms with E-state index in [4.69, 9.17) is 4.74 Å². The number of benzene rings is 2. The zero-order chi connectivity index (χ0) is 25.2. The minimum absolute atomic E-state index is 0.110. The second kappa shape index (κ2) is 12.7. The van der Waals surface area contributed by atoms with Crippen molar-refractivity contribution in [1.82, 2.24) is 5.32 Å². The molecular formula is C25H33N5O5. The third-order valence-electron chi connectivity index (χ3n) is 5.86. The average molecular weight is 484 g/mol. The van der Waals surface area contributed by atoms with Gasteiger partial charge in [0.15, 0.2) is 0 Å². The van der Waals surface area contributed by atoms with Crippen molar-refractivity contribution < 1.29 is 19.2 Å². The molecule has 1 saturated heterocycles. The number of nitro groups is 1. The number of ether oxygens (including phenoxy) is 1. The number of hydrogen-bond donors (Lipinski definition) is 3. The molecule has 188 valence electrons. The van der Waals surface area contributed by atoms with Crippen molar-refractivity contribution in [2.45, 2.75) is 38.6 Å². The van der Waals surface area contributed by atoms with Crippen molar-refractivity contribution in [2.24, 2.45) is 0 Å². The van der Waals surface area contributed by atoms with Crippen LogP contribution >= 0.6 is 0 Å². The van der Waals surface area contributed by atoms with Crippen LogP contribution in [0.25, 0.3) is 0 Å². The van der Waals surface area contributed by atoms with Crippen LogP contribution in [0.3, 0.4) is 0 Å². The average Bonchev–Trinajstić information content (AvgIpc) is 3.39. The fraction of sp³-hybridized carbons (Fsp3) is 0.440. The van der Waals surface area contributed by atoms with Crippen molar-refractivity contribution in [3.8, 4) is 0 Å². The summed E-state index contributed by atoms with van der Waals surface area (Å²) in [5, 5.41) is 20.1. The Morgan fingerprint density at radius 3 is 2.63 bits per heavy atom. The molecule has 0 spiro atoms. The quantitative estimate of drug-likeness (QED) is 0.238. The highest BCUT2D eigenvalue weighted by atomic mass is 16.6. The Morgan fingerprint density at radius 2 is 1.94 bits per heavy atom. The predicted molar refractivity (Wildman–Crippen MR) is 136 cm³/mol. The lowest BCUT2D eigenvalue weighted by molar-refractivity contribution is -0.384. The maximum atomic E-state index is 13.0. The van der Waals surface area contributed by atoms with E-state index in [0.717, 1.165) is 31.6 Å². The van der Waals surface area contributed by atoms with E-state index in [9.17, 15) is 19.7 Å². The van der Waals surface area contributed by atoms with Gasteiger partial charge in [-0.2, -0.15) is 0 Å². The molecule has 2 aromatic rings. The second-order valence-corrected chi connectivity index (χ2v) is 8.46. The number of rotatable bonds is 12. The van der Waals surface area contributed by atoms with Crippen molar-refractivity contribution in [3.63, 3.8) is 0 Å². The van der Waals surface area contributed by atoms with E-state index in [1.54, 1.807) is 0 Å². The van der Waals surface area contributed by atoms with Crippen LogP contribution in [0.1, 0.15) is 43.0 Å². The second-order valence-electron chi connectivity index (χ2n) is 8.46. The standard InChI is InChI=1S/C25H33N5O5/c1-3-7-22(25(32)27-19-8-6-9-20(17-19)29-13-4-5-14-29)28-24(31)18-10-11-21(26-12-15-35-2)23(16-18)30(33)34/h6,8-11,16-17,22,26H,3-5,7,12-15H2,1-2H3,(H,27,32)(H,28,31). The minimum atomic E-state index is -0.776. The van der Waals surface area contributed by atoms with Gasteiger partial charge in [-0.15, -0.1) is 0 Å². The van der Waals surface area contributed by atoms with E-state index in [0.29, 0.717) is 37.4 Å². The summed E-state index contributed by atoms with van der Waals surface area (Å²) >= 11 is 0. The van der Waals surface area contributed by atoms with Gasteiger partial charge in [-0.25, -0.2) is 0 Å². The maximum absolute atomic E-state index is 13.0. The summed E-state index contributed by atoms with van der Waals surface area (Å²) in [4.78, 5) is 39.2. The van der Waals surface area contributed by atoms with Gasteiger partial charge >= 0.3 is 0 Å². The van der Waals surface area contributed by atoms with Crippen LogP contribution in [0.5, 0.6) is 0 Å². The number of carbonyl (C=O) groups is 2. The first-order valence-electron chi connectivity index (χ1n) is 11.9. The number of nitrogens with zero attached hydrogens (tertiary/aromatic N) is 2. The van der Waals surface area contributed by atoms with E-state index in [1.165, 1.54) is 25.3 Å². The van der Waals surface area contributed by atoms with Crippen LogP contribution in [-0.4, -0.2) is 56.1 Å². The highest BCUT2D eigenvalue weighted by Crippen LogP contribution is 2.26. The smallest absolute Gasteiger partial charge is 0.293 e. The van der Waals surface area contributed by atoms with Gasteiger partial charge in [-0.3, -0.25) is 19.7 Å². The zero-order valence-electron chi connectivity index (χ0n) is 20.2. The van der Waals surface area contributed by atoms with Gasteiger partial charge < -0.3 is 25.6 Å². The number of amides is 2. The molecule has 2 amide bonds. The SMILES string of the molecule is CCCC(NC(=O)c1ccc(NCCOC)c([N+](=O)[O-])c1)C(=O)Nc1cccc(N2CCCC2)c1. The van der Waals surface area contributed by atoms with Crippen LogP contribution < -0.4 is 20.9 Å². The molecule has 3 N–H and O–H groups in total. The van der Waals surface area contributed by atoms with E-state index in [1.807, 2.05) is 31.2 Å². The van der Waals surface area contributed by atoms with Gasteiger partial charge in [0.05, 0.1) is 11.5 Å². The lowest BCUT2D eigenvalue weighted by Gasteiger charge is -2.20. The van der Waals surface area contributed by atoms with Crippen molar-refractivity contribution in [1.29, 1.82) is 0 Å². The molecule has 1 unspecified atom stereocenters. The Bertz CT molecular complexity index is 1040. The van der Waals surface area contributed by atoms with Crippen molar-refractivity contribution >= 4 is 34.6 Å². The molecular weight excluding hydrogens is 450 g/mol. The number of anilines is 3. The number of nitro benzene ring substituents is 1. The minimum Gasteiger partial charge on any atom is -0.383 e. The summed E-state index contributed by atoms with van der Waals surface area (Å²) in [5.74, 6) is -0.873. The Morgan fingerprint density at radius 1 is 1.17 bits per heavy atom. The highest BCUT2D eigenvalue weighted by molar-refractivity contribution is 6.02. The summed E-state index contributed by atoms with van der Waals surface area (Å²) in [7, 11) is 1.54. The van der Waals surface area contributed by atoms with Crippen LogP contribution in [-0.2, 0) is 9.53 Å². The third-order valence-corrected chi connectivity index (χ3v) is 5.86. The fourth-order valence-corrected chi connectivity index (χ4v) is 4.05. The summed E-state index contributed by atoms with van der Waals surface area (Å²) in [6.07, 6.45) is 3.42. The molecule has 0 saturated carbocycles. The summed E-state index contributed by atoms with van der Waals surface area (Å²) < 4.78 is 4.95. The van der Waals surface area contributed by atoms with E-state index < -0.39 is 16.9 Å². The predicted octanol–water partition coefficient (Wildman–Crippen LogP) is 3.79. The molecule has 0 aliphatic carbocycles. The lowest BCUT2D eigenvalue weighted by Crippen LogP contribution is -2.43. The van der Waals surface area contributed by atoms with E-state index in [-0.39, 0.29) is 17.2 Å². The number of hydrogen-bond acceptors (Lipinski definition) is 7. The van der Waals surface area contributed by atoms with Gasteiger partial charge in [-0.1, -0.05) is 19.4 Å².